The highest BCUT2D eigenvalue weighted by Gasteiger charge is 2.19. The maximum Gasteiger partial charge on any atom is 0.306 e. The third-order valence-corrected chi connectivity index (χ3v) is 10.6. The minimum Gasteiger partial charge on any atom is -0.462 e. The first kappa shape index (κ1) is 54.6. The fourth-order valence-corrected chi connectivity index (χ4v) is 6.92. The van der Waals surface area contributed by atoms with Crippen molar-refractivity contribution < 1.29 is 28.6 Å². The van der Waals surface area contributed by atoms with Gasteiger partial charge in [0.15, 0.2) is 6.10 Å². The van der Waals surface area contributed by atoms with Crippen molar-refractivity contribution in [1.82, 2.24) is 0 Å². The van der Waals surface area contributed by atoms with E-state index in [-0.39, 0.29) is 37.5 Å². The van der Waals surface area contributed by atoms with Crippen LogP contribution in [0, 0.1) is 0 Å². The number of carbonyl (C=O) groups is 3. The van der Waals surface area contributed by atoms with Gasteiger partial charge in [-0.3, -0.25) is 14.4 Å². The molecule has 0 rings (SSSR count). The van der Waals surface area contributed by atoms with Gasteiger partial charge in [-0.2, -0.15) is 0 Å². The van der Waals surface area contributed by atoms with Gasteiger partial charge in [-0.05, 0) is 57.8 Å². The van der Waals surface area contributed by atoms with Crippen LogP contribution < -0.4 is 0 Å². The summed E-state index contributed by atoms with van der Waals surface area (Å²) in [6.45, 7) is 6.58. The minimum atomic E-state index is -0.785. The predicted molar refractivity (Wildman–Crippen MR) is 242 cm³/mol. The van der Waals surface area contributed by atoms with Crippen molar-refractivity contribution in [3.63, 3.8) is 0 Å². The number of allylic oxidation sites excluding steroid dienone is 6. The van der Waals surface area contributed by atoms with E-state index in [9.17, 15) is 14.4 Å². The monoisotopic (exact) mass is 801 g/mol. The van der Waals surface area contributed by atoms with E-state index in [2.05, 4.69) is 57.2 Å². The molecule has 0 radical (unpaired) electrons. The molecule has 0 spiro atoms. The number of carbonyl (C=O) groups excluding carboxylic acids is 3. The normalized spacial score (nSPS) is 11.8. The second kappa shape index (κ2) is 46.3. The third kappa shape index (κ3) is 44.6. The van der Waals surface area contributed by atoms with Crippen LogP contribution in [0.15, 0.2) is 36.5 Å². The van der Waals surface area contributed by atoms with Gasteiger partial charge in [-0.25, -0.2) is 0 Å². The van der Waals surface area contributed by atoms with Gasteiger partial charge in [0.1, 0.15) is 13.2 Å². The Balaban J connectivity index is 4.42. The van der Waals surface area contributed by atoms with E-state index in [1.807, 2.05) is 0 Å². The number of hydrogen-bond donors (Lipinski definition) is 0. The highest BCUT2D eigenvalue weighted by molar-refractivity contribution is 5.71. The van der Waals surface area contributed by atoms with E-state index in [0.29, 0.717) is 19.3 Å². The lowest BCUT2D eigenvalue weighted by atomic mass is 10.0. The van der Waals surface area contributed by atoms with Crippen molar-refractivity contribution in [2.24, 2.45) is 0 Å². The Labute approximate surface area is 353 Å². The van der Waals surface area contributed by atoms with Gasteiger partial charge >= 0.3 is 17.9 Å². The molecule has 0 aliphatic rings. The molecule has 0 unspecified atom stereocenters. The van der Waals surface area contributed by atoms with Crippen LogP contribution in [0.2, 0.25) is 0 Å². The third-order valence-electron chi connectivity index (χ3n) is 10.6. The molecule has 0 bridgehead atoms. The Kier molecular flexibility index (Phi) is 44.4. The van der Waals surface area contributed by atoms with Crippen LogP contribution in [0.1, 0.15) is 252 Å². The van der Waals surface area contributed by atoms with Crippen molar-refractivity contribution in [2.45, 2.75) is 258 Å². The van der Waals surface area contributed by atoms with Gasteiger partial charge < -0.3 is 14.2 Å². The van der Waals surface area contributed by atoms with Crippen molar-refractivity contribution in [1.29, 1.82) is 0 Å². The van der Waals surface area contributed by atoms with E-state index in [1.165, 1.54) is 141 Å². The summed E-state index contributed by atoms with van der Waals surface area (Å²) < 4.78 is 16.7. The van der Waals surface area contributed by atoms with E-state index in [1.54, 1.807) is 0 Å². The van der Waals surface area contributed by atoms with Gasteiger partial charge in [0.05, 0.1) is 0 Å². The number of hydrogen-bond acceptors (Lipinski definition) is 6. The highest BCUT2D eigenvalue weighted by atomic mass is 16.6. The first-order valence-corrected chi connectivity index (χ1v) is 24.5. The van der Waals surface area contributed by atoms with Crippen molar-refractivity contribution in [3.8, 4) is 0 Å². The molecule has 0 fully saturated rings. The van der Waals surface area contributed by atoms with Gasteiger partial charge in [-0.1, -0.05) is 211 Å². The van der Waals surface area contributed by atoms with Gasteiger partial charge in [0, 0.05) is 19.3 Å². The molecule has 0 heterocycles. The molecule has 0 aromatic rings. The van der Waals surface area contributed by atoms with E-state index in [4.69, 9.17) is 14.2 Å². The molecule has 0 amide bonds. The predicted octanol–water partition coefficient (Wildman–Crippen LogP) is 15.8. The number of rotatable bonds is 44. The Morgan fingerprint density at radius 1 is 0.351 bits per heavy atom. The van der Waals surface area contributed by atoms with E-state index in [0.717, 1.165) is 64.2 Å². The zero-order valence-electron chi connectivity index (χ0n) is 37.9. The van der Waals surface area contributed by atoms with Crippen LogP contribution in [-0.2, 0) is 28.6 Å². The molecule has 332 valence electrons. The molecule has 0 atom stereocenters. The molecule has 0 aromatic carbocycles. The smallest absolute Gasteiger partial charge is 0.306 e. The quantitative estimate of drug-likeness (QED) is 0.0264. The summed E-state index contributed by atoms with van der Waals surface area (Å²) in [5.74, 6) is -0.915. The van der Waals surface area contributed by atoms with Crippen molar-refractivity contribution in [2.75, 3.05) is 13.2 Å². The average Bonchev–Trinajstić information content (AvgIpc) is 3.21. The zero-order chi connectivity index (χ0) is 41.5. The summed E-state index contributed by atoms with van der Waals surface area (Å²) in [6, 6.07) is 0. The summed E-state index contributed by atoms with van der Waals surface area (Å²) in [5, 5.41) is 0. The Morgan fingerprint density at radius 2 is 0.632 bits per heavy atom. The standard InChI is InChI=1S/C51H92O6/c1-4-7-10-13-16-19-22-25-26-27-30-33-36-39-42-45-51(54)57-48(46-55-49(52)43-40-37-34-31-28-23-20-17-14-11-8-5-2)47-56-50(53)44-41-38-35-32-29-24-21-18-15-12-9-6-3/h16,19,25-26,30,33,48H,4-15,17-18,20-24,27-29,31-32,34-47H2,1-3H3/b19-16-,26-25-,33-30-. The van der Waals surface area contributed by atoms with Crippen molar-refractivity contribution in [3.05, 3.63) is 36.5 Å². The lowest BCUT2D eigenvalue weighted by Crippen LogP contribution is -2.30. The van der Waals surface area contributed by atoms with Crippen LogP contribution in [-0.4, -0.2) is 37.2 Å². The topological polar surface area (TPSA) is 78.9 Å². The molecular weight excluding hydrogens is 709 g/mol. The fraction of sp³-hybridized carbons (Fsp3) is 0.824. The molecule has 6 heteroatoms. The first-order valence-electron chi connectivity index (χ1n) is 24.5. The van der Waals surface area contributed by atoms with Crippen LogP contribution in [0.5, 0.6) is 0 Å². The molecule has 0 saturated heterocycles. The van der Waals surface area contributed by atoms with Crippen LogP contribution >= 0.6 is 0 Å². The number of ether oxygens (including phenoxy) is 3. The number of esters is 3. The van der Waals surface area contributed by atoms with Crippen LogP contribution in [0.25, 0.3) is 0 Å². The SMILES string of the molecule is CCCCC/C=C\C/C=C\C/C=C\CCCCC(=O)OC(COC(=O)CCCCCCCCCCCCCC)COC(=O)CCCCCCCCCCCCCC. The van der Waals surface area contributed by atoms with Crippen molar-refractivity contribution >= 4 is 17.9 Å². The van der Waals surface area contributed by atoms with Crippen LogP contribution in [0.3, 0.4) is 0 Å². The molecular formula is C51H92O6. The van der Waals surface area contributed by atoms with Gasteiger partial charge in [0.2, 0.25) is 0 Å². The lowest BCUT2D eigenvalue weighted by Gasteiger charge is -2.18. The zero-order valence-corrected chi connectivity index (χ0v) is 37.9. The molecule has 0 aliphatic carbocycles. The van der Waals surface area contributed by atoms with E-state index >= 15 is 0 Å². The van der Waals surface area contributed by atoms with Gasteiger partial charge in [0.25, 0.3) is 0 Å². The van der Waals surface area contributed by atoms with E-state index < -0.39 is 6.10 Å². The summed E-state index contributed by atoms with van der Waals surface area (Å²) in [6.07, 6.45) is 52.6. The second-order valence-corrected chi connectivity index (χ2v) is 16.4. The maximum absolute atomic E-state index is 12.7. The van der Waals surface area contributed by atoms with Crippen LogP contribution in [0.4, 0.5) is 0 Å². The number of unbranched alkanes of at least 4 members (excludes halogenated alkanes) is 27. The fourth-order valence-electron chi connectivity index (χ4n) is 6.92. The molecule has 6 nitrogen and oxygen atoms in total. The summed E-state index contributed by atoms with van der Waals surface area (Å²) in [5.41, 5.74) is 0. The summed E-state index contributed by atoms with van der Waals surface area (Å²) in [7, 11) is 0. The molecule has 0 N–H and O–H groups in total. The Bertz CT molecular complexity index is 925. The molecule has 0 aliphatic heterocycles. The Morgan fingerprint density at radius 3 is 1.02 bits per heavy atom. The summed E-state index contributed by atoms with van der Waals surface area (Å²) in [4.78, 5) is 37.8. The average molecular weight is 801 g/mol. The minimum absolute atomic E-state index is 0.0837. The largest absolute Gasteiger partial charge is 0.462 e. The first-order chi connectivity index (χ1) is 28.0. The van der Waals surface area contributed by atoms with Gasteiger partial charge in [-0.15, -0.1) is 0 Å². The molecule has 0 saturated carbocycles. The summed E-state index contributed by atoms with van der Waals surface area (Å²) >= 11 is 0. The molecule has 57 heavy (non-hydrogen) atoms. The maximum atomic E-state index is 12.7. The Hall–Kier alpha value is -2.37. The second-order valence-electron chi connectivity index (χ2n) is 16.4. The highest BCUT2D eigenvalue weighted by Crippen LogP contribution is 2.15. The lowest BCUT2D eigenvalue weighted by molar-refractivity contribution is -0.167. The molecule has 0 aromatic heterocycles.